The Morgan fingerprint density at radius 2 is 1.81 bits per heavy atom. The van der Waals surface area contributed by atoms with Crippen LogP contribution in [0.15, 0.2) is 54.7 Å². The molecule has 0 unspecified atom stereocenters. The highest BCUT2D eigenvalue weighted by molar-refractivity contribution is 6.30. The summed E-state index contributed by atoms with van der Waals surface area (Å²) in [5, 5.41) is 8.60. The summed E-state index contributed by atoms with van der Waals surface area (Å²) in [7, 11) is 0. The fourth-order valence-electron chi connectivity index (χ4n) is 3.13. The predicted octanol–water partition coefficient (Wildman–Crippen LogP) is 3.02. The monoisotopic (exact) mass is 385 g/mol. The van der Waals surface area contributed by atoms with Gasteiger partial charge in [0.05, 0.1) is 17.6 Å². The maximum atomic E-state index is 13.9. The molecule has 1 amide bonds. The van der Waals surface area contributed by atoms with Gasteiger partial charge in [-0.1, -0.05) is 35.0 Å². The Kier molecular flexibility index (Phi) is 4.77. The average Bonchev–Trinajstić information content (AvgIpc) is 3.18. The summed E-state index contributed by atoms with van der Waals surface area (Å²) in [6, 6.07) is 13.8. The molecule has 138 valence electrons. The smallest absolute Gasteiger partial charge is 0.276 e. The van der Waals surface area contributed by atoms with Crippen LogP contribution in [0, 0.1) is 5.82 Å². The molecule has 2 heterocycles. The van der Waals surface area contributed by atoms with Gasteiger partial charge in [-0.25, -0.2) is 9.07 Å². The number of para-hydroxylation sites is 1. The maximum Gasteiger partial charge on any atom is 0.276 e. The van der Waals surface area contributed by atoms with Crippen molar-refractivity contribution in [2.24, 2.45) is 0 Å². The molecule has 1 aliphatic heterocycles. The second-order valence-corrected chi connectivity index (χ2v) is 6.70. The zero-order valence-corrected chi connectivity index (χ0v) is 15.2. The second kappa shape index (κ2) is 7.36. The summed E-state index contributed by atoms with van der Waals surface area (Å²) in [6.07, 6.45) is 1.59. The molecule has 27 heavy (non-hydrogen) atoms. The van der Waals surface area contributed by atoms with E-state index in [1.807, 2.05) is 23.1 Å². The van der Waals surface area contributed by atoms with Crippen LogP contribution < -0.4 is 4.90 Å². The van der Waals surface area contributed by atoms with Gasteiger partial charge in [0.25, 0.3) is 5.91 Å². The van der Waals surface area contributed by atoms with Crippen LogP contribution in [0.5, 0.6) is 0 Å². The van der Waals surface area contributed by atoms with Crippen molar-refractivity contribution in [1.82, 2.24) is 19.9 Å². The number of carbonyl (C=O) groups excluding carboxylic acids is 1. The van der Waals surface area contributed by atoms with Crippen LogP contribution in [0.25, 0.3) is 5.69 Å². The zero-order chi connectivity index (χ0) is 18.8. The molecule has 1 saturated heterocycles. The van der Waals surface area contributed by atoms with Crippen molar-refractivity contribution >= 4 is 23.2 Å². The minimum atomic E-state index is -0.248. The first-order chi connectivity index (χ1) is 13.1. The summed E-state index contributed by atoms with van der Waals surface area (Å²) in [6.45, 7) is 2.12. The van der Waals surface area contributed by atoms with Crippen molar-refractivity contribution in [1.29, 1.82) is 0 Å². The number of benzene rings is 2. The number of halogens is 2. The lowest BCUT2D eigenvalue weighted by molar-refractivity contribution is 0.0740. The van der Waals surface area contributed by atoms with E-state index in [4.69, 9.17) is 11.6 Å². The molecule has 1 aliphatic rings. The van der Waals surface area contributed by atoms with Gasteiger partial charge in [0, 0.05) is 31.2 Å². The van der Waals surface area contributed by atoms with Crippen molar-refractivity contribution in [2.45, 2.75) is 0 Å². The molecule has 0 N–H and O–H groups in total. The molecule has 3 aromatic rings. The van der Waals surface area contributed by atoms with Crippen LogP contribution in [-0.2, 0) is 0 Å². The number of aromatic nitrogens is 3. The van der Waals surface area contributed by atoms with Crippen LogP contribution in [0.3, 0.4) is 0 Å². The van der Waals surface area contributed by atoms with Crippen LogP contribution in [-0.4, -0.2) is 52.0 Å². The molecule has 0 atom stereocenters. The molecule has 6 nitrogen and oxygen atoms in total. The Morgan fingerprint density at radius 1 is 1.04 bits per heavy atom. The Bertz CT molecular complexity index is 968. The van der Waals surface area contributed by atoms with E-state index in [-0.39, 0.29) is 17.4 Å². The average molecular weight is 386 g/mol. The van der Waals surface area contributed by atoms with E-state index in [1.54, 1.807) is 35.4 Å². The molecule has 0 saturated carbocycles. The lowest BCUT2D eigenvalue weighted by Crippen LogP contribution is -2.49. The molecular weight excluding hydrogens is 369 g/mol. The third-order valence-electron chi connectivity index (χ3n) is 4.55. The maximum absolute atomic E-state index is 13.9. The van der Waals surface area contributed by atoms with Crippen molar-refractivity contribution in [3.8, 4) is 5.69 Å². The van der Waals surface area contributed by atoms with E-state index < -0.39 is 0 Å². The first-order valence-electron chi connectivity index (χ1n) is 8.59. The van der Waals surface area contributed by atoms with Crippen LogP contribution in [0.4, 0.5) is 10.1 Å². The van der Waals surface area contributed by atoms with E-state index in [1.165, 1.54) is 10.7 Å². The van der Waals surface area contributed by atoms with Gasteiger partial charge in [0.15, 0.2) is 5.69 Å². The summed E-state index contributed by atoms with van der Waals surface area (Å²) in [5.74, 6) is -0.432. The highest BCUT2D eigenvalue weighted by Crippen LogP contribution is 2.21. The van der Waals surface area contributed by atoms with Crippen molar-refractivity contribution in [2.75, 3.05) is 31.1 Å². The Morgan fingerprint density at radius 3 is 2.56 bits per heavy atom. The number of anilines is 1. The zero-order valence-electron chi connectivity index (χ0n) is 14.4. The lowest BCUT2D eigenvalue weighted by atomic mass is 10.2. The largest absolute Gasteiger partial charge is 0.366 e. The Balaban J connectivity index is 1.43. The molecule has 4 rings (SSSR count). The highest BCUT2D eigenvalue weighted by atomic mass is 35.5. The first-order valence-corrected chi connectivity index (χ1v) is 8.96. The minimum Gasteiger partial charge on any atom is -0.366 e. The van der Waals surface area contributed by atoms with E-state index in [9.17, 15) is 9.18 Å². The van der Waals surface area contributed by atoms with E-state index in [0.717, 1.165) is 5.69 Å². The van der Waals surface area contributed by atoms with E-state index in [2.05, 4.69) is 10.3 Å². The summed E-state index contributed by atoms with van der Waals surface area (Å²) < 4.78 is 15.5. The summed E-state index contributed by atoms with van der Waals surface area (Å²) in [5.41, 5.74) is 1.57. The number of nitrogens with zero attached hydrogens (tertiary/aromatic N) is 5. The van der Waals surface area contributed by atoms with Crippen molar-refractivity contribution in [3.05, 3.63) is 71.3 Å². The van der Waals surface area contributed by atoms with Gasteiger partial charge in [-0.05, 0) is 30.3 Å². The molecule has 1 fully saturated rings. The van der Waals surface area contributed by atoms with E-state index in [0.29, 0.717) is 36.9 Å². The summed E-state index contributed by atoms with van der Waals surface area (Å²) >= 11 is 5.99. The molecule has 0 aliphatic carbocycles. The van der Waals surface area contributed by atoms with Gasteiger partial charge >= 0.3 is 0 Å². The van der Waals surface area contributed by atoms with Gasteiger partial charge in [0.2, 0.25) is 0 Å². The predicted molar refractivity (Wildman–Crippen MR) is 101 cm³/mol. The normalized spacial score (nSPS) is 14.4. The van der Waals surface area contributed by atoms with Crippen molar-refractivity contribution in [3.63, 3.8) is 0 Å². The van der Waals surface area contributed by atoms with Gasteiger partial charge < -0.3 is 9.80 Å². The molecular formula is C19H17ClFN5O. The highest BCUT2D eigenvalue weighted by Gasteiger charge is 2.25. The number of hydrogen-bond donors (Lipinski definition) is 0. The van der Waals surface area contributed by atoms with Crippen LogP contribution in [0.2, 0.25) is 5.02 Å². The quantitative estimate of drug-likeness (QED) is 0.695. The molecule has 1 aromatic heterocycles. The number of hydrogen-bond acceptors (Lipinski definition) is 4. The molecule has 8 heteroatoms. The number of carbonyl (C=O) groups is 1. The Labute approximate surface area is 160 Å². The van der Waals surface area contributed by atoms with Gasteiger partial charge in [0.1, 0.15) is 5.82 Å². The fourth-order valence-corrected chi connectivity index (χ4v) is 3.31. The number of amides is 1. The third-order valence-corrected chi connectivity index (χ3v) is 4.78. The fraction of sp³-hybridized carbons (Fsp3) is 0.211. The molecule has 2 aromatic carbocycles. The topological polar surface area (TPSA) is 54.3 Å². The SMILES string of the molecule is O=C(c1cn(-c2cccc(Cl)c2)nn1)N1CCN(c2ccccc2F)CC1. The number of piperazine rings is 1. The van der Waals surface area contributed by atoms with Crippen LogP contribution >= 0.6 is 11.6 Å². The van der Waals surface area contributed by atoms with Crippen LogP contribution in [0.1, 0.15) is 10.5 Å². The molecule has 0 spiro atoms. The van der Waals surface area contributed by atoms with Gasteiger partial charge in [-0.15, -0.1) is 5.10 Å². The molecule has 0 bridgehead atoms. The van der Waals surface area contributed by atoms with E-state index >= 15 is 0 Å². The third kappa shape index (κ3) is 3.64. The minimum absolute atomic E-state index is 0.184. The van der Waals surface area contributed by atoms with Crippen molar-refractivity contribution < 1.29 is 9.18 Å². The van der Waals surface area contributed by atoms with Gasteiger partial charge in [-0.3, -0.25) is 4.79 Å². The lowest BCUT2D eigenvalue weighted by Gasteiger charge is -2.35. The second-order valence-electron chi connectivity index (χ2n) is 6.26. The molecule has 0 radical (unpaired) electrons. The van der Waals surface area contributed by atoms with Gasteiger partial charge in [-0.2, -0.15) is 0 Å². The standard InChI is InChI=1S/C19H17ClFN5O/c20-14-4-3-5-15(12-14)26-13-17(22-23-26)19(27)25-10-8-24(9-11-25)18-7-2-1-6-16(18)21/h1-7,12-13H,8-11H2. The number of rotatable bonds is 3. The Hall–Kier alpha value is -2.93. The summed E-state index contributed by atoms with van der Waals surface area (Å²) in [4.78, 5) is 16.4. The first kappa shape index (κ1) is 17.5.